The lowest BCUT2D eigenvalue weighted by molar-refractivity contribution is -0.123. The van der Waals surface area contributed by atoms with E-state index in [0.717, 1.165) is 25.7 Å². The Hall–Kier alpha value is -0.870. The minimum Gasteiger partial charge on any atom is -0.394 e. The van der Waals surface area contributed by atoms with Gasteiger partial charge in [0.25, 0.3) is 0 Å². The Morgan fingerprint density at radius 1 is 0.479 bits per heavy atom. The van der Waals surface area contributed by atoms with Gasteiger partial charge in [-0.2, -0.15) is 0 Å². The molecule has 0 aliphatic carbocycles. The first kappa shape index (κ1) is 47.1. The molecule has 0 saturated carbocycles. The van der Waals surface area contributed by atoms with Gasteiger partial charge in [-0.25, -0.2) is 0 Å². The molecule has 2 unspecified atom stereocenters. The second kappa shape index (κ2) is 40.6. The summed E-state index contributed by atoms with van der Waals surface area (Å²) in [5.74, 6) is -0.0619. The molecule has 4 nitrogen and oxygen atoms in total. The van der Waals surface area contributed by atoms with Crippen molar-refractivity contribution >= 4 is 5.91 Å². The van der Waals surface area contributed by atoms with E-state index in [9.17, 15) is 15.0 Å². The summed E-state index contributed by atoms with van der Waals surface area (Å²) in [5.41, 5.74) is 0. The number of amides is 1. The molecular formula is C44H87NO3. The molecule has 0 saturated heterocycles. The Labute approximate surface area is 301 Å². The molecule has 0 aliphatic rings. The van der Waals surface area contributed by atoms with Crippen LogP contribution in [0, 0.1) is 0 Å². The van der Waals surface area contributed by atoms with Gasteiger partial charge in [0.05, 0.1) is 18.8 Å². The first-order valence-corrected chi connectivity index (χ1v) is 21.9. The molecule has 0 aromatic heterocycles. The number of unbranched alkanes of at least 4 members (excludes halogenated alkanes) is 33. The monoisotopic (exact) mass is 678 g/mol. The van der Waals surface area contributed by atoms with Crippen LogP contribution < -0.4 is 5.32 Å². The average molecular weight is 678 g/mol. The Bertz CT molecular complexity index is 651. The SMILES string of the molecule is CCCCCCCCCCCCCCCCCCCCCCCC/C=C/C(O)C(CO)NC(=O)CCCCCCCCCCCCCC. The summed E-state index contributed by atoms with van der Waals surface area (Å²) in [4.78, 5) is 12.3. The van der Waals surface area contributed by atoms with Crippen molar-refractivity contribution < 1.29 is 15.0 Å². The highest BCUT2D eigenvalue weighted by atomic mass is 16.3. The zero-order chi connectivity index (χ0) is 35.0. The van der Waals surface area contributed by atoms with E-state index >= 15 is 0 Å². The highest BCUT2D eigenvalue weighted by molar-refractivity contribution is 5.76. The maximum absolute atomic E-state index is 12.3. The number of rotatable bonds is 40. The summed E-state index contributed by atoms with van der Waals surface area (Å²) in [6.45, 7) is 4.32. The molecule has 0 aliphatic heterocycles. The van der Waals surface area contributed by atoms with Crippen molar-refractivity contribution in [3.63, 3.8) is 0 Å². The largest absolute Gasteiger partial charge is 0.394 e. The summed E-state index contributed by atoms with van der Waals surface area (Å²) < 4.78 is 0. The smallest absolute Gasteiger partial charge is 0.220 e. The number of nitrogens with one attached hydrogen (secondary N) is 1. The van der Waals surface area contributed by atoms with Gasteiger partial charge >= 0.3 is 0 Å². The molecular weight excluding hydrogens is 590 g/mol. The number of carbonyl (C=O) groups excluding carboxylic acids is 1. The van der Waals surface area contributed by atoms with Crippen molar-refractivity contribution in [2.24, 2.45) is 0 Å². The van der Waals surface area contributed by atoms with E-state index in [2.05, 4.69) is 19.2 Å². The fourth-order valence-electron chi connectivity index (χ4n) is 6.89. The van der Waals surface area contributed by atoms with Gasteiger partial charge in [-0.1, -0.05) is 231 Å². The minimum absolute atomic E-state index is 0.0619. The van der Waals surface area contributed by atoms with E-state index in [1.54, 1.807) is 6.08 Å². The number of aliphatic hydroxyl groups excluding tert-OH is 2. The summed E-state index contributed by atoms with van der Waals surface area (Å²) in [6.07, 6.45) is 50.4. The van der Waals surface area contributed by atoms with Crippen molar-refractivity contribution in [3.05, 3.63) is 12.2 Å². The molecule has 0 aromatic carbocycles. The van der Waals surface area contributed by atoms with Gasteiger partial charge in [0.1, 0.15) is 0 Å². The molecule has 2 atom stereocenters. The Morgan fingerprint density at radius 3 is 1.08 bits per heavy atom. The van der Waals surface area contributed by atoms with Crippen LogP contribution in [0.1, 0.15) is 245 Å². The fourth-order valence-corrected chi connectivity index (χ4v) is 6.89. The zero-order valence-corrected chi connectivity index (χ0v) is 32.8. The molecule has 48 heavy (non-hydrogen) atoms. The molecule has 0 bridgehead atoms. The topological polar surface area (TPSA) is 69.6 Å². The molecule has 0 rings (SSSR count). The third-order valence-electron chi connectivity index (χ3n) is 10.3. The molecule has 1 amide bonds. The van der Waals surface area contributed by atoms with Gasteiger partial charge in [-0.3, -0.25) is 4.79 Å². The third-order valence-corrected chi connectivity index (χ3v) is 10.3. The number of allylic oxidation sites excluding steroid dienone is 1. The van der Waals surface area contributed by atoms with E-state index in [-0.39, 0.29) is 12.5 Å². The van der Waals surface area contributed by atoms with Crippen molar-refractivity contribution in [2.45, 2.75) is 257 Å². The average Bonchev–Trinajstić information content (AvgIpc) is 3.09. The second-order valence-corrected chi connectivity index (χ2v) is 15.1. The van der Waals surface area contributed by atoms with Crippen molar-refractivity contribution in [3.8, 4) is 0 Å². The molecule has 3 N–H and O–H groups in total. The third kappa shape index (κ3) is 36.4. The molecule has 0 fully saturated rings. The quantitative estimate of drug-likeness (QED) is 0.0446. The van der Waals surface area contributed by atoms with Crippen LogP contribution in [-0.2, 0) is 4.79 Å². The lowest BCUT2D eigenvalue weighted by atomic mass is 10.0. The Morgan fingerprint density at radius 2 is 0.771 bits per heavy atom. The van der Waals surface area contributed by atoms with Crippen LogP contribution in [0.3, 0.4) is 0 Å². The molecule has 0 aromatic rings. The van der Waals surface area contributed by atoms with Gasteiger partial charge in [-0.05, 0) is 19.3 Å². The van der Waals surface area contributed by atoms with Crippen LogP contribution in [0.15, 0.2) is 12.2 Å². The summed E-state index contributed by atoms with van der Waals surface area (Å²) in [5, 5.41) is 23.0. The van der Waals surface area contributed by atoms with Crippen molar-refractivity contribution in [2.75, 3.05) is 6.61 Å². The normalized spacial score (nSPS) is 13.0. The highest BCUT2D eigenvalue weighted by Crippen LogP contribution is 2.16. The predicted molar refractivity (Wildman–Crippen MR) is 212 cm³/mol. The molecule has 0 spiro atoms. The molecule has 4 heteroatoms. The van der Waals surface area contributed by atoms with E-state index in [0.29, 0.717) is 6.42 Å². The maximum atomic E-state index is 12.3. The molecule has 286 valence electrons. The maximum Gasteiger partial charge on any atom is 0.220 e. The second-order valence-electron chi connectivity index (χ2n) is 15.1. The van der Waals surface area contributed by atoms with Crippen LogP contribution in [0.2, 0.25) is 0 Å². The Kier molecular flexibility index (Phi) is 39.8. The van der Waals surface area contributed by atoms with Gasteiger partial charge in [0.2, 0.25) is 5.91 Å². The lowest BCUT2D eigenvalue weighted by Crippen LogP contribution is -2.45. The van der Waals surface area contributed by atoms with Gasteiger partial charge in [0, 0.05) is 6.42 Å². The molecule has 0 heterocycles. The first-order valence-electron chi connectivity index (χ1n) is 21.9. The summed E-state index contributed by atoms with van der Waals surface area (Å²) >= 11 is 0. The lowest BCUT2D eigenvalue weighted by Gasteiger charge is -2.20. The number of carbonyl (C=O) groups is 1. The van der Waals surface area contributed by atoms with Crippen LogP contribution in [0.5, 0.6) is 0 Å². The van der Waals surface area contributed by atoms with Crippen molar-refractivity contribution in [1.82, 2.24) is 5.32 Å². The minimum atomic E-state index is -0.833. The van der Waals surface area contributed by atoms with Gasteiger partial charge in [-0.15, -0.1) is 0 Å². The van der Waals surface area contributed by atoms with E-state index in [4.69, 9.17) is 0 Å². The van der Waals surface area contributed by atoms with Gasteiger partial charge < -0.3 is 15.5 Å². The van der Waals surface area contributed by atoms with E-state index in [1.165, 1.54) is 199 Å². The van der Waals surface area contributed by atoms with Crippen LogP contribution >= 0.6 is 0 Å². The van der Waals surface area contributed by atoms with Crippen molar-refractivity contribution in [1.29, 1.82) is 0 Å². The zero-order valence-electron chi connectivity index (χ0n) is 32.8. The highest BCUT2D eigenvalue weighted by Gasteiger charge is 2.17. The van der Waals surface area contributed by atoms with E-state index < -0.39 is 12.1 Å². The number of hydrogen-bond donors (Lipinski definition) is 3. The standard InChI is InChI=1S/C44H87NO3/c1-3-5-7-9-11-13-15-17-18-19-20-21-22-23-24-25-26-27-28-29-31-33-35-37-39-43(47)42(41-46)45-44(48)40-38-36-34-32-30-16-14-12-10-8-6-4-2/h37,39,42-43,46-47H,3-36,38,40-41H2,1-2H3,(H,45,48)/b39-37+. The van der Waals surface area contributed by atoms with Gasteiger partial charge in [0.15, 0.2) is 0 Å². The first-order chi connectivity index (χ1) is 23.7. The number of hydrogen-bond acceptors (Lipinski definition) is 3. The Balaban J connectivity index is 3.49. The van der Waals surface area contributed by atoms with Crippen LogP contribution in [0.25, 0.3) is 0 Å². The van der Waals surface area contributed by atoms with Crippen LogP contribution in [0.4, 0.5) is 0 Å². The summed E-state index contributed by atoms with van der Waals surface area (Å²) in [7, 11) is 0. The summed E-state index contributed by atoms with van der Waals surface area (Å²) in [6, 6.07) is -0.615. The van der Waals surface area contributed by atoms with E-state index in [1.807, 2.05) is 6.08 Å². The van der Waals surface area contributed by atoms with Crippen LogP contribution in [-0.4, -0.2) is 34.9 Å². The predicted octanol–water partition coefficient (Wildman–Crippen LogP) is 13.5. The fraction of sp³-hybridized carbons (Fsp3) is 0.932. The molecule has 0 radical (unpaired) electrons. The number of aliphatic hydroxyl groups is 2.